The maximum atomic E-state index is 11.8. The molecule has 1 aromatic heterocycles. The lowest BCUT2D eigenvalue weighted by molar-refractivity contribution is -0.115. The Kier molecular flexibility index (Phi) is 2.97. The highest BCUT2D eigenvalue weighted by atomic mass is 127. The second kappa shape index (κ2) is 4.01. The molecule has 0 aliphatic carbocycles. The van der Waals surface area contributed by atoms with Crippen LogP contribution in [0, 0.1) is 3.70 Å². The molecule has 1 aliphatic rings. The van der Waals surface area contributed by atoms with Gasteiger partial charge in [-0.15, -0.1) is 0 Å². The van der Waals surface area contributed by atoms with Crippen LogP contribution in [0.2, 0.25) is 0 Å². The van der Waals surface area contributed by atoms with Crippen molar-refractivity contribution in [2.45, 2.75) is 13.2 Å². The van der Waals surface area contributed by atoms with Gasteiger partial charge in [0.15, 0.2) is 12.0 Å². The van der Waals surface area contributed by atoms with Gasteiger partial charge in [0, 0.05) is 18.7 Å². The molecule has 7 heteroatoms. The highest BCUT2D eigenvalue weighted by molar-refractivity contribution is 14.1. The van der Waals surface area contributed by atoms with Gasteiger partial charge < -0.3 is 5.11 Å². The normalized spacial score (nSPS) is 21.2. The highest BCUT2D eigenvalue weighted by Gasteiger charge is 2.37. The van der Waals surface area contributed by atoms with E-state index in [0.717, 1.165) is 3.70 Å². The Morgan fingerprint density at radius 1 is 1.62 bits per heavy atom. The number of nitrogens with zero attached hydrogens (tertiary/aromatic N) is 3. The first-order chi connectivity index (χ1) is 7.43. The quantitative estimate of drug-likeness (QED) is 0.772. The van der Waals surface area contributed by atoms with Crippen LogP contribution in [0.3, 0.4) is 0 Å². The van der Waals surface area contributed by atoms with E-state index in [1.807, 2.05) is 0 Å². The van der Waals surface area contributed by atoms with Gasteiger partial charge in [-0.1, -0.05) is 11.6 Å². The SMILES string of the molecule is CC1=C(Cl)C(=O)N(c2cc(I)n(C)n2)C1O. The fourth-order valence-corrected chi connectivity index (χ4v) is 2.04. The summed E-state index contributed by atoms with van der Waals surface area (Å²) in [5, 5.41) is 14.1. The van der Waals surface area contributed by atoms with Crippen LogP contribution in [0.4, 0.5) is 5.82 Å². The molecule has 16 heavy (non-hydrogen) atoms. The third-order valence-corrected chi connectivity index (χ3v) is 3.91. The van der Waals surface area contributed by atoms with E-state index >= 15 is 0 Å². The summed E-state index contributed by atoms with van der Waals surface area (Å²) in [6, 6.07) is 1.71. The maximum Gasteiger partial charge on any atom is 0.273 e. The summed E-state index contributed by atoms with van der Waals surface area (Å²) in [5.41, 5.74) is 0.451. The Hall–Kier alpha value is -0.600. The molecule has 1 aromatic rings. The fraction of sp³-hybridized carbons (Fsp3) is 0.333. The fourth-order valence-electron chi connectivity index (χ4n) is 1.47. The largest absolute Gasteiger partial charge is 0.369 e. The van der Waals surface area contributed by atoms with Crippen LogP contribution in [0.15, 0.2) is 16.7 Å². The number of halogens is 2. The molecule has 1 N–H and O–H groups in total. The van der Waals surface area contributed by atoms with E-state index in [0.29, 0.717) is 11.4 Å². The van der Waals surface area contributed by atoms with Crippen LogP contribution >= 0.6 is 34.2 Å². The number of amides is 1. The van der Waals surface area contributed by atoms with Gasteiger partial charge in [0.25, 0.3) is 5.91 Å². The van der Waals surface area contributed by atoms with Gasteiger partial charge in [-0.2, -0.15) is 5.10 Å². The molecule has 5 nitrogen and oxygen atoms in total. The van der Waals surface area contributed by atoms with Crippen LogP contribution in [-0.2, 0) is 11.8 Å². The second-order valence-electron chi connectivity index (χ2n) is 3.49. The standard InChI is InChI=1S/C9H9ClIN3O2/c1-4-7(10)9(16)14(8(4)15)6-3-5(11)13(2)12-6/h3,8,15H,1-2H3. The van der Waals surface area contributed by atoms with E-state index in [-0.39, 0.29) is 5.03 Å². The van der Waals surface area contributed by atoms with Crippen LogP contribution in [0.5, 0.6) is 0 Å². The van der Waals surface area contributed by atoms with Crippen molar-refractivity contribution in [1.82, 2.24) is 9.78 Å². The number of aliphatic hydroxyl groups is 1. The lowest BCUT2D eigenvalue weighted by Gasteiger charge is -2.18. The summed E-state index contributed by atoms with van der Waals surface area (Å²) in [4.78, 5) is 13.0. The molecule has 0 saturated heterocycles. The van der Waals surface area contributed by atoms with Crippen molar-refractivity contribution in [2.24, 2.45) is 7.05 Å². The Morgan fingerprint density at radius 2 is 2.25 bits per heavy atom. The topological polar surface area (TPSA) is 58.4 Å². The summed E-state index contributed by atoms with van der Waals surface area (Å²) in [6.07, 6.45) is -1.02. The minimum atomic E-state index is -1.02. The molecule has 1 aliphatic heterocycles. The molecule has 1 unspecified atom stereocenters. The molecule has 2 heterocycles. The molecule has 86 valence electrons. The van der Waals surface area contributed by atoms with Crippen molar-refractivity contribution in [2.75, 3.05) is 4.90 Å². The summed E-state index contributed by atoms with van der Waals surface area (Å²) in [7, 11) is 1.76. The van der Waals surface area contributed by atoms with Gasteiger partial charge in [0.2, 0.25) is 0 Å². The van der Waals surface area contributed by atoms with Crippen LogP contribution in [0.25, 0.3) is 0 Å². The van der Waals surface area contributed by atoms with Gasteiger partial charge >= 0.3 is 0 Å². The van der Waals surface area contributed by atoms with E-state index in [9.17, 15) is 9.90 Å². The smallest absolute Gasteiger partial charge is 0.273 e. The van der Waals surface area contributed by atoms with Crippen molar-refractivity contribution < 1.29 is 9.90 Å². The van der Waals surface area contributed by atoms with Gasteiger partial charge in [-0.25, -0.2) is 0 Å². The molecule has 0 saturated carbocycles. The Labute approximate surface area is 111 Å². The minimum Gasteiger partial charge on any atom is -0.369 e. The first kappa shape index (κ1) is 11.9. The van der Waals surface area contributed by atoms with E-state index in [2.05, 4.69) is 27.7 Å². The summed E-state index contributed by atoms with van der Waals surface area (Å²) in [6.45, 7) is 1.62. The number of aromatic nitrogens is 2. The van der Waals surface area contributed by atoms with Gasteiger partial charge in [-0.3, -0.25) is 14.4 Å². The molecule has 0 bridgehead atoms. The zero-order valence-electron chi connectivity index (χ0n) is 8.61. The first-order valence-corrected chi connectivity index (χ1v) is 5.96. The average Bonchev–Trinajstić information content (AvgIpc) is 2.64. The van der Waals surface area contributed by atoms with Gasteiger partial charge in [0.1, 0.15) is 8.73 Å². The maximum absolute atomic E-state index is 11.8. The van der Waals surface area contributed by atoms with E-state index in [1.54, 1.807) is 24.7 Å². The van der Waals surface area contributed by atoms with Crippen molar-refractivity contribution in [3.63, 3.8) is 0 Å². The Bertz CT molecular complexity index is 477. The molecule has 0 fully saturated rings. The van der Waals surface area contributed by atoms with Crippen LogP contribution in [0.1, 0.15) is 6.92 Å². The Morgan fingerprint density at radius 3 is 2.62 bits per heavy atom. The molecule has 0 radical (unpaired) electrons. The second-order valence-corrected chi connectivity index (χ2v) is 4.98. The van der Waals surface area contributed by atoms with Gasteiger partial charge in [0.05, 0.1) is 0 Å². The van der Waals surface area contributed by atoms with Crippen molar-refractivity contribution in [3.05, 3.63) is 20.4 Å². The number of carbonyl (C=O) groups excluding carboxylic acids is 1. The van der Waals surface area contributed by atoms with E-state index < -0.39 is 12.1 Å². The third-order valence-electron chi connectivity index (χ3n) is 2.44. The number of rotatable bonds is 1. The molecular formula is C9H9ClIN3O2. The zero-order chi connectivity index (χ0) is 12.0. The summed E-state index contributed by atoms with van der Waals surface area (Å²) in [5.74, 6) is -0.0134. The molecule has 0 aromatic carbocycles. The third kappa shape index (κ3) is 1.64. The Balaban J connectivity index is 2.41. The highest BCUT2D eigenvalue weighted by Crippen LogP contribution is 2.31. The number of hydrogen-bond donors (Lipinski definition) is 1. The number of aryl methyl sites for hydroxylation is 1. The number of aliphatic hydroxyl groups excluding tert-OH is 1. The van der Waals surface area contributed by atoms with E-state index in [1.165, 1.54) is 4.90 Å². The molecular weight excluding hydrogens is 344 g/mol. The summed E-state index contributed by atoms with van der Waals surface area (Å²) >= 11 is 7.88. The average molecular weight is 354 g/mol. The zero-order valence-corrected chi connectivity index (χ0v) is 11.5. The van der Waals surface area contributed by atoms with Gasteiger partial charge in [-0.05, 0) is 29.5 Å². The molecule has 2 rings (SSSR count). The van der Waals surface area contributed by atoms with Crippen LogP contribution < -0.4 is 4.90 Å². The monoisotopic (exact) mass is 353 g/mol. The lowest BCUT2D eigenvalue weighted by Crippen LogP contribution is -2.35. The van der Waals surface area contributed by atoms with Crippen LogP contribution in [-0.4, -0.2) is 27.0 Å². The number of anilines is 1. The predicted molar refractivity (Wildman–Crippen MR) is 68.0 cm³/mol. The first-order valence-electron chi connectivity index (χ1n) is 4.51. The predicted octanol–water partition coefficient (Wildman–Crippen LogP) is 1.20. The summed E-state index contributed by atoms with van der Waals surface area (Å²) < 4.78 is 2.49. The number of hydrogen-bond acceptors (Lipinski definition) is 3. The number of carbonyl (C=O) groups is 1. The minimum absolute atomic E-state index is 0.0631. The molecule has 1 amide bonds. The lowest BCUT2D eigenvalue weighted by atomic mass is 10.3. The molecule has 0 spiro atoms. The van der Waals surface area contributed by atoms with Crippen molar-refractivity contribution in [3.8, 4) is 0 Å². The van der Waals surface area contributed by atoms with Crippen molar-refractivity contribution in [1.29, 1.82) is 0 Å². The van der Waals surface area contributed by atoms with Crippen molar-refractivity contribution >= 4 is 45.9 Å². The van der Waals surface area contributed by atoms with E-state index in [4.69, 9.17) is 11.6 Å². The molecule has 1 atom stereocenters.